The SMILES string of the molecule is CCOC(=O)c1c(NC(=O)c2ccccc2F)sc(C(=O)Nc2cc(C(F)(F)F)ccc2Cl)c1C. The molecule has 35 heavy (non-hydrogen) atoms. The highest BCUT2D eigenvalue weighted by Gasteiger charge is 2.32. The van der Waals surface area contributed by atoms with E-state index in [9.17, 15) is 31.9 Å². The molecule has 0 unspecified atom stereocenters. The topological polar surface area (TPSA) is 84.5 Å². The van der Waals surface area contributed by atoms with E-state index in [0.717, 1.165) is 18.2 Å². The van der Waals surface area contributed by atoms with Gasteiger partial charge in [0.1, 0.15) is 10.8 Å². The summed E-state index contributed by atoms with van der Waals surface area (Å²) in [7, 11) is 0. The van der Waals surface area contributed by atoms with Gasteiger partial charge < -0.3 is 15.4 Å². The normalized spacial score (nSPS) is 11.2. The van der Waals surface area contributed by atoms with Crippen molar-refractivity contribution in [1.29, 1.82) is 0 Å². The van der Waals surface area contributed by atoms with E-state index in [-0.39, 0.29) is 43.9 Å². The van der Waals surface area contributed by atoms with Crippen LogP contribution < -0.4 is 10.6 Å². The Balaban J connectivity index is 1.99. The zero-order valence-electron chi connectivity index (χ0n) is 18.2. The van der Waals surface area contributed by atoms with Crippen molar-refractivity contribution in [3.05, 3.63) is 80.4 Å². The molecule has 1 heterocycles. The van der Waals surface area contributed by atoms with Gasteiger partial charge in [-0.05, 0) is 49.7 Å². The number of esters is 1. The second-order valence-electron chi connectivity index (χ2n) is 7.06. The van der Waals surface area contributed by atoms with E-state index in [1.54, 1.807) is 6.92 Å². The maximum atomic E-state index is 14.0. The average Bonchev–Trinajstić information content (AvgIpc) is 3.10. The maximum Gasteiger partial charge on any atom is 0.416 e. The highest BCUT2D eigenvalue weighted by atomic mass is 35.5. The number of carbonyl (C=O) groups is 3. The molecule has 0 fully saturated rings. The highest BCUT2D eigenvalue weighted by Crippen LogP contribution is 2.37. The number of thiophene rings is 1. The van der Waals surface area contributed by atoms with Crippen LogP contribution in [-0.4, -0.2) is 24.4 Å². The van der Waals surface area contributed by atoms with E-state index in [4.69, 9.17) is 16.3 Å². The fourth-order valence-electron chi connectivity index (χ4n) is 3.06. The van der Waals surface area contributed by atoms with Gasteiger partial charge in [-0.1, -0.05) is 23.7 Å². The third-order valence-corrected chi connectivity index (χ3v) is 6.26. The highest BCUT2D eigenvalue weighted by molar-refractivity contribution is 7.19. The van der Waals surface area contributed by atoms with Crippen molar-refractivity contribution >= 4 is 51.4 Å². The van der Waals surface area contributed by atoms with E-state index in [1.165, 1.54) is 25.1 Å². The van der Waals surface area contributed by atoms with E-state index in [1.807, 2.05) is 0 Å². The van der Waals surface area contributed by atoms with Crippen LogP contribution in [-0.2, 0) is 10.9 Å². The minimum atomic E-state index is -4.66. The summed E-state index contributed by atoms with van der Waals surface area (Å²) in [6.07, 6.45) is -4.66. The number of hydrogen-bond acceptors (Lipinski definition) is 5. The summed E-state index contributed by atoms with van der Waals surface area (Å²) >= 11 is 6.63. The maximum absolute atomic E-state index is 14.0. The van der Waals surface area contributed by atoms with Gasteiger partial charge in [0.2, 0.25) is 0 Å². The van der Waals surface area contributed by atoms with Crippen molar-refractivity contribution in [2.45, 2.75) is 20.0 Å². The second kappa shape index (κ2) is 10.4. The molecule has 6 nitrogen and oxygen atoms in total. The molecule has 184 valence electrons. The van der Waals surface area contributed by atoms with Gasteiger partial charge in [0.25, 0.3) is 11.8 Å². The Morgan fingerprint density at radius 2 is 1.74 bits per heavy atom. The zero-order chi connectivity index (χ0) is 25.9. The number of anilines is 2. The molecule has 1 aromatic heterocycles. The molecular formula is C23H17ClF4N2O4S. The number of halogens is 5. The Bertz CT molecular complexity index is 1310. The summed E-state index contributed by atoms with van der Waals surface area (Å²) in [5, 5.41) is 4.48. The molecule has 2 amide bonds. The third-order valence-electron chi connectivity index (χ3n) is 4.72. The van der Waals surface area contributed by atoms with Gasteiger partial charge in [-0.25, -0.2) is 9.18 Å². The smallest absolute Gasteiger partial charge is 0.416 e. The summed E-state index contributed by atoms with van der Waals surface area (Å²) in [5.74, 6) is -3.39. The summed E-state index contributed by atoms with van der Waals surface area (Å²) in [4.78, 5) is 38.0. The van der Waals surface area contributed by atoms with Crippen molar-refractivity contribution in [3.63, 3.8) is 0 Å². The van der Waals surface area contributed by atoms with Crippen LogP contribution in [0.5, 0.6) is 0 Å². The molecule has 0 saturated carbocycles. The van der Waals surface area contributed by atoms with Crippen LogP contribution in [0.4, 0.5) is 28.3 Å². The summed E-state index contributed by atoms with van der Waals surface area (Å²) in [6.45, 7) is 2.96. The number of hydrogen-bond donors (Lipinski definition) is 2. The van der Waals surface area contributed by atoms with Crippen LogP contribution in [0.15, 0.2) is 42.5 Å². The quantitative estimate of drug-likeness (QED) is 0.281. The van der Waals surface area contributed by atoms with Gasteiger partial charge in [-0.3, -0.25) is 9.59 Å². The van der Waals surface area contributed by atoms with Crippen LogP contribution in [0.3, 0.4) is 0 Å². The number of carbonyl (C=O) groups excluding carboxylic acids is 3. The molecule has 0 radical (unpaired) electrons. The molecule has 0 aliphatic carbocycles. The molecule has 12 heteroatoms. The molecule has 0 aliphatic heterocycles. The summed E-state index contributed by atoms with van der Waals surface area (Å²) in [5.41, 5.74) is -1.64. The van der Waals surface area contributed by atoms with Crippen molar-refractivity contribution in [2.24, 2.45) is 0 Å². The van der Waals surface area contributed by atoms with Crippen molar-refractivity contribution in [3.8, 4) is 0 Å². The second-order valence-corrected chi connectivity index (χ2v) is 8.49. The molecule has 0 atom stereocenters. The van der Waals surface area contributed by atoms with E-state index in [2.05, 4.69) is 10.6 Å². The van der Waals surface area contributed by atoms with Crippen LogP contribution in [0.25, 0.3) is 0 Å². The first kappa shape index (κ1) is 26.2. The Morgan fingerprint density at radius 1 is 1.06 bits per heavy atom. The Hall–Kier alpha value is -3.44. The predicted octanol–water partition coefficient (Wildman–Crippen LogP) is 6.55. The summed E-state index contributed by atoms with van der Waals surface area (Å²) < 4.78 is 58.2. The molecule has 3 aromatic rings. The van der Waals surface area contributed by atoms with Crippen LogP contribution in [0, 0.1) is 12.7 Å². The minimum absolute atomic E-state index is 0.00378. The van der Waals surface area contributed by atoms with Crippen molar-refractivity contribution in [1.82, 2.24) is 0 Å². The number of ether oxygens (including phenoxy) is 1. The van der Waals surface area contributed by atoms with Gasteiger partial charge in [0.15, 0.2) is 0 Å². The lowest BCUT2D eigenvalue weighted by molar-refractivity contribution is -0.137. The minimum Gasteiger partial charge on any atom is -0.462 e. The summed E-state index contributed by atoms with van der Waals surface area (Å²) in [6, 6.07) is 7.59. The Morgan fingerprint density at radius 3 is 2.37 bits per heavy atom. The standard InChI is InChI=1S/C23H17ClF4N2O4S/c1-3-34-22(33)17-11(2)18(35-21(17)30-19(31)13-6-4-5-7-15(13)25)20(32)29-16-10-12(23(26,27)28)8-9-14(16)24/h4-10H,3H2,1-2H3,(H,29,32)(H,30,31). The number of alkyl halides is 3. The fraction of sp³-hybridized carbons (Fsp3) is 0.174. The molecule has 2 N–H and O–H groups in total. The lowest BCUT2D eigenvalue weighted by atomic mass is 10.1. The molecule has 0 aliphatic rings. The van der Waals surface area contributed by atoms with Gasteiger partial charge in [-0.15, -0.1) is 11.3 Å². The number of amides is 2. The zero-order valence-corrected chi connectivity index (χ0v) is 19.8. The van der Waals surface area contributed by atoms with Crippen LogP contribution >= 0.6 is 22.9 Å². The molecule has 0 bridgehead atoms. The predicted molar refractivity (Wildman–Crippen MR) is 124 cm³/mol. The lowest BCUT2D eigenvalue weighted by Crippen LogP contribution is -2.16. The molecule has 0 spiro atoms. The Kier molecular flexibility index (Phi) is 7.81. The van der Waals surface area contributed by atoms with Crippen molar-refractivity contribution in [2.75, 3.05) is 17.2 Å². The van der Waals surface area contributed by atoms with Gasteiger partial charge >= 0.3 is 12.1 Å². The monoisotopic (exact) mass is 528 g/mol. The first-order valence-corrected chi connectivity index (χ1v) is 11.2. The largest absolute Gasteiger partial charge is 0.462 e. The van der Waals surface area contributed by atoms with E-state index >= 15 is 0 Å². The molecule has 0 saturated heterocycles. The van der Waals surface area contributed by atoms with Gasteiger partial charge in [-0.2, -0.15) is 13.2 Å². The van der Waals surface area contributed by atoms with Crippen LogP contribution in [0.2, 0.25) is 5.02 Å². The third kappa shape index (κ3) is 5.80. The molecule has 2 aromatic carbocycles. The van der Waals surface area contributed by atoms with E-state index in [0.29, 0.717) is 17.4 Å². The van der Waals surface area contributed by atoms with E-state index < -0.39 is 35.3 Å². The molecule has 3 rings (SSSR count). The Labute approximate surface area is 205 Å². The number of rotatable bonds is 6. The van der Waals surface area contributed by atoms with Crippen molar-refractivity contribution < 1.29 is 36.7 Å². The molecular weight excluding hydrogens is 512 g/mol. The van der Waals surface area contributed by atoms with Gasteiger partial charge in [0, 0.05) is 0 Å². The first-order chi connectivity index (χ1) is 16.4. The first-order valence-electron chi connectivity index (χ1n) is 9.98. The average molecular weight is 529 g/mol. The lowest BCUT2D eigenvalue weighted by Gasteiger charge is -2.11. The fourth-order valence-corrected chi connectivity index (χ4v) is 4.31. The number of nitrogens with one attached hydrogen (secondary N) is 2. The van der Waals surface area contributed by atoms with Crippen LogP contribution in [0.1, 0.15) is 48.4 Å². The van der Waals surface area contributed by atoms with Gasteiger partial charge in [0.05, 0.1) is 38.9 Å². The number of benzene rings is 2.